The van der Waals surface area contributed by atoms with E-state index in [1.165, 1.54) is 17.7 Å². The van der Waals surface area contributed by atoms with Gasteiger partial charge in [-0.25, -0.2) is 4.98 Å². The molecule has 1 aromatic carbocycles. The zero-order chi connectivity index (χ0) is 18.4. The Kier molecular flexibility index (Phi) is 6.04. The summed E-state index contributed by atoms with van der Waals surface area (Å²) in [7, 11) is 5.81. The van der Waals surface area contributed by atoms with Crippen molar-refractivity contribution in [3.63, 3.8) is 0 Å². The second-order valence-electron chi connectivity index (χ2n) is 6.76. The lowest BCUT2D eigenvalue weighted by atomic mass is 10.3. The Morgan fingerprint density at radius 2 is 1.88 bits per heavy atom. The molecule has 0 radical (unpaired) electrons. The van der Waals surface area contributed by atoms with Crippen LogP contribution in [0.4, 0.5) is 5.82 Å². The first-order chi connectivity index (χ1) is 12.6. The molecule has 1 aliphatic carbocycles. The van der Waals surface area contributed by atoms with Crippen molar-refractivity contribution in [2.75, 3.05) is 32.6 Å². The third-order valence-electron chi connectivity index (χ3n) is 4.37. The molecule has 0 spiro atoms. The number of rotatable bonds is 7. The first-order valence-electron chi connectivity index (χ1n) is 8.92. The normalized spacial score (nSPS) is 15.4. The maximum absolute atomic E-state index is 4.63. The van der Waals surface area contributed by atoms with Gasteiger partial charge in [0, 0.05) is 37.3 Å². The number of guanidine groups is 1. The molecule has 1 aromatic heterocycles. The predicted molar refractivity (Wildman–Crippen MR) is 111 cm³/mol. The lowest BCUT2D eigenvalue weighted by Gasteiger charge is -2.18. The van der Waals surface area contributed by atoms with Crippen LogP contribution in [0.15, 0.2) is 58.4 Å². The highest BCUT2D eigenvalue weighted by Gasteiger charge is 2.43. The van der Waals surface area contributed by atoms with Crippen LogP contribution in [0, 0.1) is 0 Å². The van der Waals surface area contributed by atoms with Crippen LogP contribution in [-0.4, -0.2) is 43.4 Å². The van der Waals surface area contributed by atoms with Gasteiger partial charge in [0.1, 0.15) is 5.82 Å². The Balaban J connectivity index is 1.50. The Morgan fingerprint density at radius 1 is 1.12 bits per heavy atom. The maximum Gasteiger partial charge on any atom is 0.191 e. The van der Waals surface area contributed by atoms with Crippen LogP contribution in [0.5, 0.6) is 0 Å². The number of aliphatic imine (C=N–C) groups is 1. The van der Waals surface area contributed by atoms with E-state index in [1.54, 1.807) is 0 Å². The number of pyridine rings is 1. The molecule has 1 aliphatic rings. The average Bonchev–Trinajstić information content (AvgIpc) is 3.42. The van der Waals surface area contributed by atoms with E-state index in [9.17, 15) is 0 Å². The SMILES string of the molecule is CN=C(NCc1cccc(N(C)C)n1)NCC1(Sc2ccccc2)CC1. The second kappa shape index (κ2) is 8.45. The molecule has 6 heteroatoms. The fourth-order valence-electron chi connectivity index (χ4n) is 2.65. The maximum atomic E-state index is 4.63. The molecule has 5 nitrogen and oxygen atoms in total. The molecule has 0 atom stereocenters. The van der Waals surface area contributed by atoms with Crippen LogP contribution in [0.1, 0.15) is 18.5 Å². The van der Waals surface area contributed by atoms with Gasteiger partial charge < -0.3 is 15.5 Å². The summed E-state index contributed by atoms with van der Waals surface area (Å²) in [5.41, 5.74) is 0.999. The Labute approximate surface area is 160 Å². The van der Waals surface area contributed by atoms with E-state index >= 15 is 0 Å². The van der Waals surface area contributed by atoms with Crippen molar-refractivity contribution in [2.45, 2.75) is 29.0 Å². The van der Waals surface area contributed by atoms with Crippen LogP contribution in [0.2, 0.25) is 0 Å². The van der Waals surface area contributed by atoms with E-state index in [1.807, 2.05) is 56.0 Å². The molecule has 0 aliphatic heterocycles. The summed E-state index contributed by atoms with van der Waals surface area (Å²) in [6.45, 7) is 1.57. The molecular formula is C20H27N5S. The second-order valence-corrected chi connectivity index (χ2v) is 8.30. The Morgan fingerprint density at radius 3 is 2.54 bits per heavy atom. The number of aromatic nitrogens is 1. The predicted octanol–water partition coefficient (Wildman–Crippen LogP) is 3.14. The van der Waals surface area contributed by atoms with Gasteiger partial charge in [0.25, 0.3) is 0 Å². The van der Waals surface area contributed by atoms with Crippen molar-refractivity contribution < 1.29 is 0 Å². The van der Waals surface area contributed by atoms with Gasteiger partial charge in [0.15, 0.2) is 5.96 Å². The Bertz CT molecular complexity index is 741. The van der Waals surface area contributed by atoms with E-state index in [-0.39, 0.29) is 0 Å². The Hall–Kier alpha value is -2.21. The third-order valence-corrected chi connectivity index (χ3v) is 5.87. The van der Waals surface area contributed by atoms with Crippen LogP contribution in [0.25, 0.3) is 0 Å². The molecule has 138 valence electrons. The number of benzene rings is 1. The van der Waals surface area contributed by atoms with Gasteiger partial charge in [0.2, 0.25) is 0 Å². The zero-order valence-electron chi connectivity index (χ0n) is 15.7. The summed E-state index contributed by atoms with van der Waals surface area (Å²) >= 11 is 1.97. The summed E-state index contributed by atoms with van der Waals surface area (Å²) in [6.07, 6.45) is 2.48. The smallest absolute Gasteiger partial charge is 0.191 e. The van der Waals surface area contributed by atoms with E-state index in [0.29, 0.717) is 11.3 Å². The number of hydrogen-bond donors (Lipinski definition) is 2. The highest BCUT2D eigenvalue weighted by atomic mass is 32.2. The zero-order valence-corrected chi connectivity index (χ0v) is 16.5. The van der Waals surface area contributed by atoms with Crippen LogP contribution >= 0.6 is 11.8 Å². The minimum absolute atomic E-state index is 0.294. The van der Waals surface area contributed by atoms with E-state index < -0.39 is 0 Å². The lowest BCUT2D eigenvalue weighted by Crippen LogP contribution is -2.40. The number of anilines is 1. The molecule has 1 saturated carbocycles. The topological polar surface area (TPSA) is 52.6 Å². The summed E-state index contributed by atoms with van der Waals surface area (Å²) < 4.78 is 0.294. The van der Waals surface area contributed by atoms with Gasteiger partial charge in [-0.2, -0.15) is 0 Å². The first kappa shape index (κ1) is 18.6. The van der Waals surface area contributed by atoms with Crippen molar-refractivity contribution >= 4 is 23.5 Å². The van der Waals surface area contributed by atoms with E-state index in [4.69, 9.17) is 0 Å². The number of nitrogens with zero attached hydrogens (tertiary/aromatic N) is 3. The van der Waals surface area contributed by atoms with Gasteiger partial charge in [-0.3, -0.25) is 4.99 Å². The molecule has 1 fully saturated rings. The molecule has 2 N–H and O–H groups in total. The molecule has 3 rings (SSSR count). The molecule has 0 unspecified atom stereocenters. The summed E-state index contributed by atoms with van der Waals surface area (Å²) in [6, 6.07) is 16.7. The van der Waals surface area contributed by atoms with E-state index in [0.717, 1.165) is 24.0 Å². The molecule has 0 saturated heterocycles. The number of hydrogen-bond acceptors (Lipinski definition) is 4. The fourth-order valence-corrected chi connectivity index (χ4v) is 3.89. The lowest BCUT2D eigenvalue weighted by molar-refractivity contribution is 0.759. The van der Waals surface area contributed by atoms with Crippen molar-refractivity contribution in [3.8, 4) is 0 Å². The van der Waals surface area contributed by atoms with E-state index in [2.05, 4.69) is 50.9 Å². The summed E-state index contributed by atoms with van der Waals surface area (Å²) in [5, 5.41) is 6.84. The highest BCUT2D eigenvalue weighted by Crippen LogP contribution is 2.51. The quantitative estimate of drug-likeness (QED) is 0.580. The van der Waals surface area contributed by atoms with Gasteiger partial charge in [0.05, 0.1) is 12.2 Å². The largest absolute Gasteiger partial charge is 0.363 e. The van der Waals surface area contributed by atoms with Crippen LogP contribution in [-0.2, 0) is 6.54 Å². The molecule has 0 bridgehead atoms. The van der Waals surface area contributed by atoms with Gasteiger partial charge >= 0.3 is 0 Å². The third kappa shape index (κ3) is 5.14. The minimum Gasteiger partial charge on any atom is -0.363 e. The molecule has 0 amide bonds. The number of thioether (sulfide) groups is 1. The summed E-state index contributed by atoms with van der Waals surface area (Å²) in [5.74, 6) is 1.78. The monoisotopic (exact) mass is 369 g/mol. The molecular weight excluding hydrogens is 342 g/mol. The molecule has 1 heterocycles. The first-order valence-corrected chi connectivity index (χ1v) is 9.74. The van der Waals surface area contributed by atoms with Crippen molar-refractivity contribution in [2.24, 2.45) is 4.99 Å². The fraction of sp³-hybridized carbons (Fsp3) is 0.400. The van der Waals surface area contributed by atoms with Crippen molar-refractivity contribution in [1.29, 1.82) is 0 Å². The van der Waals surface area contributed by atoms with Crippen molar-refractivity contribution in [1.82, 2.24) is 15.6 Å². The minimum atomic E-state index is 0.294. The standard InChI is InChI=1S/C20H27N5S/c1-21-19(22-14-16-8-7-11-18(24-16)25(2)3)23-15-20(12-13-20)26-17-9-5-4-6-10-17/h4-11H,12-15H2,1-3H3,(H2,21,22,23). The molecule has 26 heavy (non-hydrogen) atoms. The van der Waals surface area contributed by atoms with Gasteiger partial charge in [-0.1, -0.05) is 24.3 Å². The van der Waals surface area contributed by atoms with Crippen molar-refractivity contribution in [3.05, 3.63) is 54.2 Å². The van der Waals surface area contributed by atoms with Gasteiger partial charge in [-0.15, -0.1) is 11.8 Å². The van der Waals surface area contributed by atoms with Crippen LogP contribution in [0.3, 0.4) is 0 Å². The summed E-state index contributed by atoms with van der Waals surface area (Å²) in [4.78, 5) is 12.3. The van der Waals surface area contributed by atoms with Crippen LogP contribution < -0.4 is 15.5 Å². The highest BCUT2D eigenvalue weighted by molar-refractivity contribution is 8.01. The van der Waals surface area contributed by atoms with Gasteiger partial charge in [-0.05, 0) is 37.1 Å². The number of nitrogens with one attached hydrogen (secondary N) is 2. The average molecular weight is 370 g/mol. The molecule has 2 aromatic rings.